The van der Waals surface area contributed by atoms with Gasteiger partial charge in [0.25, 0.3) is 5.91 Å². The van der Waals surface area contributed by atoms with E-state index in [0.717, 1.165) is 23.7 Å². The van der Waals surface area contributed by atoms with Crippen LogP contribution < -0.4 is 10.6 Å². The van der Waals surface area contributed by atoms with Crippen LogP contribution in [0.3, 0.4) is 0 Å². The van der Waals surface area contributed by atoms with Crippen molar-refractivity contribution in [2.45, 2.75) is 31.7 Å². The zero-order chi connectivity index (χ0) is 20.4. The van der Waals surface area contributed by atoms with Crippen molar-refractivity contribution < 1.29 is 14.4 Å². The molecular formula is C22H22BrN3O3. The summed E-state index contributed by atoms with van der Waals surface area (Å²) in [5.74, 6) is -0.128. The monoisotopic (exact) mass is 455 g/mol. The highest BCUT2D eigenvalue weighted by atomic mass is 79.9. The number of hydrogen-bond donors (Lipinski definition) is 2. The van der Waals surface area contributed by atoms with Crippen molar-refractivity contribution in [2.24, 2.45) is 5.92 Å². The highest BCUT2D eigenvalue weighted by Gasteiger charge is 2.34. The number of hydrogen-bond acceptors (Lipinski definition) is 3. The molecule has 1 unspecified atom stereocenters. The molecule has 2 aromatic carbocycles. The summed E-state index contributed by atoms with van der Waals surface area (Å²) in [6.45, 7) is 0.569. The van der Waals surface area contributed by atoms with Gasteiger partial charge in [-0.2, -0.15) is 0 Å². The summed E-state index contributed by atoms with van der Waals surface area (Å²) in [7, 11) is 0. The van der Waals surface area contributed by atoms with Crippen LogP contribution in [0.2, 0.25) is 0 Å². The maximum Gasteiger partial charge on any atom is 0.254 e. The molecule has 4 rings (SSSR count). The van der Waals surface area contributed by atoms with Gasteiger partial charge in [0.15, 0.2) is 0 Å². The molecule has 3 amide bonds. The average Bonchev–Trinajstić information content (AvgIpc) is 3.46. The minimum absolute atomic E-state index is 0.0508. The van der Waals surface area contributed by atoms with Gasteiger partial charge in [-0.15, -0.1) is 0 Å². The molecule has 0 bridgehead atoms. The van der Waals surface area contributed by atoms with E-state index in [1.807, 2.05) is 12.1 Å². The minimum Gasteiger partial charge on any atom is -0.327 e. The summed E-state index contributed by atoms with van der Waals surface area (Å²) >= 11 is 3.37. The second-order valence-corrected chi connectivity index (χ2v) is 8.41. The van der Waals surface area contributed by atoms with Crippen LogP contribution in [0.15, 0.2) is 53.0 Å². The average molecular weight is 456 g/mol. The van der Waals surface area contributed by atoms with Gasteiger partial charge in [-0.05, 0) is 74.2 Å². The lowest BCUT2D eigenvalue weighted by Crippen LogP contribution is -2.43. The third-order valence-corrected chi connectivity index (χ3v) is 5.80. The smallest absolute Gasteiger partial charge is 0.254 e. The number of halogens is 1. The van der Waals surface area contributed by atoms with E-state index in [1.54, 1.807) is 41.3 Å². The van der Waals surface area contributed by atoms with Crippen LogP contribution in [-0.4, -0.2) is 35.2 Å². The van der Waals surface area contributed by atoms with Gasteiger partial charge in [-0.25, -0.2) is 0 Å². The Kier molecular flexibility index (Phi) is 5.67. The van der Waals surface area contributed by atoms with Crippen molar-refractivity contribution in [1.29, 1.82) is 0 Å². The molecule has 6 nitrogen and oxygen atoms in total. The molecule has 2 aliphatic rings. The van der Waals surface area contributed by atoms with E-state index in [9.17, 15) is 14.4 Å². The zero-order valence-electron chi connectivity index (χ0n) is 15.9. The number of amides is 3. The van der Waals surface area contributed by atoms with Gasteiger partial charge in [0.05, 0.1) is 0 Å². The fraction of sp³-hybridized carbons (Fsp3) is 0.318. The molecule has 2 aromatic rings. The highest BCUT2D eigenvalue weighted by Crippen LogP contribution is 2.30. The van der Waals surface area contributed by atoms with E-state index in [0.29, 0.717) is 29.9 Å². The van der Waals surface area contributed by atoms with Gasteiger partial charge in [0.1, 0.15) is 6.04 Å². The summed E-state index contributed by atoms with van der Waals surface area (Å²) in [5.41, 5.74) is 1.93. The van der Waals surface area contributed by atoms with Crippen LogP contribution in [0.4, 0.5) is 11.4 Å². The minimum atomic E-state index is -0.486. The van der Waals surface area contributed by atoms with Gasteiger partial charge in [0.2, 0.25) is 11.8 Å². The summed E-state index contributed by atoms with van der Waals surface area (Å²) in [5, 5.41) is 5.77. The van der Waals surface area contributed by atoms with Gasteiger partial charge >= 0.3 is 0 Å². The normalized spacial score (nSPS) is 18.4. The van der Waals surface area contributed by atoms with Crippen LogP contribution >= 0.6 is 15.9 Å². The molecule has 0 aromatic heterocycles. The van der Waals surface area contributed by atoms with E-state index >= 15 is 0 Å². The van der Waals surface area contributed by atoms with E-state index in [-0.39, 0.29) is 23.6 Å². The fourth-order valence-corrected chi connectivity index (χ4v) is 3.76. The number of nitrogens with zero attached hydrogens (tertiary/aromatic N) is 1. The standard InChI is InChI=1S/C22H22BrN3O3/c23-16-7-5-15(6-8-16)22(29)26-13-1-2-19(26)21(28)25-18-11-9-17(10-12-18)24-20(27)14-3-4-14/h5-12,14,19H,1-4,13H2,(H,24,27)(H,25,28). The number of benzene rings is 2. The van der Waals surface area contributed by atoms with E-state index < -0.39 is 6.04 Å². The number of rotatable bonds is 5. The summed E-state index contributed by atoms with van der Waals surface area (Å²) < 4.78 is 0.904. The first-order valence-electron chi connectivity index (χ1n) is 9.79. The van der Waals surface area contributed by atoms with Crippen molar-refractivity contribution >= 4 is 45.0 Å². The van der Waals surface area contributed by atoms with Crippen molar-refractivity contribution in [2.75, 3.05) is 17.2 Å². The van der Waals surface area contributed by atoms with Gasteiger partial charge in [-0.1, -0.05) is 15.9 Å². The molecule has 2 fully saturated rings. The Bertz CT molecular complexity index is 923. The lowest BCUT2D eigenvalue weighted by Gasteiger charge is -2.24. The first-order valence-corrected chi connectivity index (χ1v) is 10.6. The number of carbonyl (C=O) groups excluding carboxylic acids is 3. The van der Waals surface area contributed by atoms with E-state index in [1.165, 1.54) is 0 Å². The topological polar surface area (TPSA) is 78.5 Å². The summed E-state index contributed by atoms with van der Waals surface area (Å²) in [4.78, 5) is 39.1. The lowest BCUT2D eigenvalue weighted by atomic mass is 10.1. The molecule has 1 heterocycles. The van der Waals surface area contributed by atoms with Crippen LogP contribution in [0.1, 0.15) is 36.0 Å². The zero-order valence-corrected chi connectivity index (χ0v) is 17.4. The first-order chi connectivity index (χ1) is 14.0. The number of likely N-dealkylation sites (tertiary alicyclic amines) is 1. The molecule has 1 atom stereocenters. The molecule has 1 saturated heterocycles. The number of anilines is 2. The largest absolute Gasteiger partial charge is 0.327 e. The highest BCUT2D eigenvalue weighted by molar-refractivity contribution is 9.10. The second kappa shape index (κ2) is 8.37. The Morgan fingerprint density at radius 3 is 2.00 bits per heavy atom. The number of nitrogens with one attached hydrogen (secondary N) is 2. The molecular weight excluding hydrogens is 434 g/mol. The van der Waals surface area contributed by atoms with Crippen molar-refractivity contribution in [3.05, 3.63) is 58.6 Å². The maximum absolute atomic E-state index is 12.8. The SMILES string of the molecule is O=C(Nc1ccc(NC(=O)C2CCCN2C(=O)c2ccc(Br)cc2)cc1)C1CC1. The fourth-order valence-electron chi connectivity index (χ4n) is 3.49. The Labute approximate surface area is 177 Å². The predicted molar refractivity (Wildman–Crippen MR) is 115 cm³/mol. The Balaban J connectivity index is 1.38. The Morgan fingerprint density at radius 2 is 1.41 bits per heavy atom. The summed E-state index contributed by atoms with van der Waals surface area (Å²) in [6.07, 6.45) is 3.35. The first kappa shape index (κ1) is 19.6. The Morgan fingerprint density at radius 1 is 0.828 bits per heavy atom. The quantitative estimate of drug-likeness (QED) is 0.713. The molecule has 29 heavy (non-hydrogen) atoms. The van der Waals surface area contributed by atoms with Crippen LogP contribution in [-0.2, 0) is 9.59 Å². The Hall–Kier alpha value is -2.67. The van der Waals surface area contributed by atoms with Gasteiger partial charge < -0.3 is 15.5 Å². The maximum atomic E-state index is 12.8. The van der Waals surface area contributed by atoms with E-state index in [4.69, 9.17) is 0 Å². The number of carbonyl (C=O) groups is 3. The molecule has 7 heteroatoms. The van der Waals surface area contributed by atoms with Crippen LogP contribution in [0.25, 0.3) is 0 Å². The lowest BCUT2D eigenvalue weighted by molar-refractivity contribution is -0.120. The predicted octanol–water partition coefficient (Wildman–Crippen LogP) is 4.04. The van der Waals surface area contributed by atoms with Crippen molar-refractivity contribution in [3.8, 4) is 0 Å². The molecule has 1 aliphatic heterocycles. The molecule has 0 radical (unpaired) electrons. The van der Waals surface area contributed by atoms with Crippen molar-refractivity contribution in [3.63, 3.8) is 0 Å². The molecule has 150 valence electrons. The summed E-state index contributed by atoms with van der Waals surface area (Å²) in [6, 6.07) is 13.7. The second-order valence-electron chi connectivity index (χ2n) is 7.49. The molecule has 1 aliphatic carbocycles. The molecule has 1 saturated carbocycles. The third-order valence-electron chi connectivity index (χ3n) is 5.28. The van der Waals surface area contributed by atoms with Gasteiger partial charge in [0, 0.05) is 33.9 Å². The third kappa shape index (κ3) is 4.67. The molecule has 2 N–H and O–H groups in total. The molecule has 0 spiro atoms. The van der Waals surface area contributed by atoms with Crippen LogP contribution in [0, 0.1) is 5.92 Å². The van der Waals surface area contributed by atoms with Gasteiger partial charge in [-0.3, -0.25) is 14.4 Å². The van der Waals surface area contributed by atoms with Crippen molar-refractivity contribution in [1.82, 2.24) is 4.90 Å². The van der Waals surface area contributed by atoms with E-state index in [2.05, 4.69) is 26.6 Å². The van der Waals surface area contributed by atoms with Crippen LogP contribution in [0.5, 0.6) is 0 Å².